The highest BCUT2D eigenvalue weighted by Gasteiger charge is 2.21. The quantitative estimate of drug-likeness (QED) is 0.788. The average Bonchev–Trinajstić information content (AvgIpc) is 2.17. The normalized spacial score (nSPS) is 14.9. The SMILES string of the molecule is COc1ncc([C@](C)(N)CO)cc1Cl. The van der Waals surface area contributed by atoms with Crippen LogP contribution >= 0.6 is 11.6 Å². The Balaban J connectivity index is 3.08. The minimum absolute atomic E-state index is 0.169. The van der Waals surface area contributed by atoms with Crippen molar-refractivity contribution in [2.24, 2.45) is 5.73 Å². The van der Waals surface area contributed by atoms with Gasteiger partial charge in [0, 0.05) is 6.20 Å². The highest BCUT2D eigenvalue weighted by Crippen LogP contribution is 2.26. The van der Waals surface area contributed by atoms with Crippen LogP contribution in [0.1, 0.15) is 12.5 Å². The highest BCUT2D eigenvalue weighted by molar-refractivity contribution is 6.31. The molecule has 0 saturated carbocycles. The summed E-state index contributed by atoms with van der Waals surface area (Å²) in [7, 11) is 1.49. The molecule has 1 aromatic heterocycles. The third kappa shape index (κ3) is 2.15. The summed E-state index contributed by atoms with van der Waals surface area (Å²) in [5, 5.41) is 9.42. The minimum Gasteiger partial charge on any atom is -0.480 e. The number of hydrogen-bond donors (Lipinski definition) is 2. The fraction of sp³-hybridized carbons (Fsp3) is 0.444. The number of hydrogen-bond acceptors (Lipinski definition) is 4. The van der Waals surface area contributed by atoms with Crippen LogP contribution in [0, 0.1) is 0 Å². The van der Waals surface area contributed by atoms with Crippen LogP contribution in [0.3, 0.4) is 0 Å². The Kier molecular flexibility index (Phi) is 3.31. The van der Waals surface area contributed by atoms with Gasteiger partial charge in [-0.3, -0.25) is 0 Å². The third-order valence-electron chi connectivity index (χ3n) is 1.99. The van der Waals surface area contributed by atoms with E-state index in [1.165, 1.54) is 7.11 Å². The Labute approximate surface area is 87.7 Å². The molecule has 0 fully saturated rings. The summed E-state index contributed by atoms with van der Waals surface area (Å²) < 4.78 is 4.90. The van der Waals surface area contributed by atoms with E-state index < -0.39 is 5.54 Å². The second-order valence-corrected chi connectivity index (χ2v) is 3.70. The zero-order valence-corrected chi connectivity index (χ0v) is 8.88. The van der Waals surface area contributed by atoms with Gasteiger partial charge in [0.2, 0.25) is 5.88 Å². The molecule has 3 N–H and O–H groups in total. The smallest absolute Gasteiger partial charge is 0.232 e. The van der Waals surface area contributed by atoms with Gasteiger partial charge in [0.1, 0.15) is 5.02 Å². The summed E-state index contributed by atoms with van der Waals surface area (Å²) in [6.07, 6.45) is 1.54. The second kappa shape index (κ2) is 4.13. The number of aliphatic hydroxyl groups excluding tert-OH is 1. The highest BCUT2D eigenvalue weighted by atomic mass is 35.5. The number of ether oxygens (including phenoxy) is 1. The molecular formula is C9H13ClN2O2. The molecule has 1 rings (SSSR count). The van der Waals surface area contributed by atoms with E-state index in [4.69, 9.17) is 27.2 Å². The van der Waals surface area contributed by atoms with Crippen molar-refractivity contribution < 1.29 is 9.84 Å². The predicted octanol–water partition coefficient (Wildman–Crippen LogP) is 0.910. The molecule has 5 heteroatoms. The molecule has 0 saturated heterocycles. The van der Waals surface area contributed by atoms with E-state index in [9.17, 15) is 0 Å². The summed E-state index contributed by atoms with van der Waals surface area (Å²) in [5.74, 6) is 0.351. The fourth-order valence-electron chi connectivity index (χ4n) is 0.979. The molecule has 1 atom stereocenters. The molecule has 4 nitrogen and oxygen atoms in total. The molecule has 14 heavy (non-hydrogen) atoms. The number of pyridine rings is 1. The number of halogens is 1. The molecular weight excluding hydrogens is 204 g/mol. The Hall–Kier alpha value is -0.840. The zero-order valence-electron chi connectivity index (χ0n) is 8.12. The number of methoxy groups -OCH3 is 1. The largest absolute Gasteiger partial charge is 0.480 e. The second-order valence-electron chi connectivity index (χ2n) is 3.29. The summed E-state index contributed by atoms with van der Waals surface area (Å²) in [5.41, 5.74) is 5.65. The fourth-order valence-corrected chi connectivity index (χ4v) is 1.22. The van der Waals surface area contributed by atoms with E-state index in [1.54, 1.807) is 19.2 Å². The number of nitrogens with two attached hydrogens (primary N) is 1. The molecule has 0 spiro atoms. The van der Waals surface area contributed by atoms with Crippen LogP contribution in [0.5, 0.6) is 5.88 Å². The lowest BCUT2D eigenvalue weighted by atomic mass is 9.96. The van der Waals surface area contributed by atoms with Crippen LogP contribution < -0.4 is 10.5 Å². The van der Waals surface area contributed by atoms with Crippen LogP contribution in [-0.2, 0) is 5.54 Å². The summed E-state index contributed by atoms with van der Waals surface area (Å²) >= 11 is 5.87. The maximum Gasteiger partial charge on any atom is 0.232 e. The van der Waals surface area contributed by atoms with Crippen molar-refractivity contribution >= 4 is 11.6 Å². The van der Waals surface area contributed by atoms with E-state index in [1.807, 2.05) is 0 Å². The van der Waals surface area contributed by atoms with E-state index in [-0.39, 0.29) is 6.61 Å². The van der Waals surface area contributed by atoms with Crippen molar-refractivity contribution in [1.29, 1.82) is 0 Å². The Morgan fingerprint density at radius 1 is 1.71 bits per heavy atom. The number of aliphatic hydroxyl groups is 1. The molecule has 0 unspecified atom stereocenters. The van der Waals surface area contributed by atoms with Crippen molar-refractivity contribution in [3.8, 4) is 5.88 Å². The lowest BCUT2D eigenvalue weighted by molar-refractivity contribution is 0.209. The number of nitrogens with zero attached hydrogens (tertiary/aromatic N) is 1. The zero-order chi connectivity index (χ0) is 10.8. The molecule has 0 aliphatic rings. The molecule has 0 aliphatic heterocycles. The van der Waals surface area contributed by atoms with Gasteiger partial charge in [-0.05, 0) is 18.6 Å². The van der Waals surface area contributed by atoms with Crippen molar-refractivity contribution in [2.75, 3.05) is 13.7 Å². The molecule has 1 aromatic rings. The first kappa shape index (κ1) is 11.2. The van der Waals surface area contributed by atoms with Gasteiger partial charge < -0.3 is 15.6 Å². The standard InChI is InChI=1S/C9H13ClN2O2/c1-9(11,5-13)6-3-7(10)8(14-2)12-4-6/h3-4,13H,5,11H2,1-2H3/t9-/m1/s1. The summed E-state index contributed by atoms with van der Waals surface area (Å²) in [4.78, 5) is 3.97. The third-order valence-corrected chi connectivity index (χ3v) is 2.26. The summed E-state index contributed by atoms with van der Waals surface area (Å²) in [6, 6.07) is 1.64. The molecule has 0 aromatic carbocycles. The van der Waals surface area contributed by atoms with Crippen molar-refractivity contribution in [3.63, 3.8) is 0 Å². The maximum atomic E-state index is 9.04. The Morgan fingerprint density at radius 2 is 2.36 bits per heavy atom. The molecule has 0 aliphatic carbocycles. The van der Waals surface area contributed by atoms with Crippen molar-refractivity contribution in [2.45, 2.75) is 12.5 Å². The lowest BCUT2D eigenvalue weighted by Crippen LogP contribution is -2.37. The first-order chi connectivity index (χ1) is 6.51. The summed E-state index contributed by atoms with van der Waals surface area (Å²) in [6.45, 7) is 1.53. The molecule has 78 valence electrons. The first-order valence-corrected chi connectivity index (χ1v) is 4.49. The Morgan fingerprint density at radius 3 is 2.79 bits per heavy atom. The number of rotatable bonds is 3. The maximum absolute atomic E-state index is 9.04. The van der Waals surface area contributed by atoms with E-state index in [0.29, 0.717) is 16.5 Å². The monoisotopic (exact) mass is 216 g/mol. The van der Waals surface area contributed by atoms with Gasteiger partial charge in [0.15, 0.2) is 0 Å². The molecule has 0 radical (unpaired) electrons. The number of aromatic nitrogens is 1. The van der Waals surface area contributed by atoms with Crippen molar-refractivity contribution in [3.05, 3.63) is 22.8 Å². The average molecular weight is 217 g/mol. The molecule has 0 amide bonds. The lowest BCUT2D eigenvalue weighted by Gasteiger charge is -2.22. The molecule has 0 bridgehead atoms. The van der Waals surface area contributed by atoms with Gasteiger partial charge in [0.25, 0.3) is 0 Å². The van der Waals surface area contributed by atoms with Gasteiger partial charge in [-0.1, -0.05) is 11.6 Å². The van der Waals surface area contributed by atoms with E-state index in [2.05, 4.69) is 4.98 Å². The van der Waals surface area contributed by atoms with Gasteiger partial charge in [-0.2, -0.15) is 0 Å². The Bertz CT molecular complexity index is 329. The van der Waals surface area contributed by atoms with Crippen molar-refractivity contribution in [1.82, 2.24) is 4.98 Å². The van der Waals surface area contributed by atoms with Crippen LogP contribution in [-0.4, -0.2) is 23.8 Å². The van der Waals surface area contributed by atoms with Crippen LogP contribution in [0.2, 0.25) is 5.02 Å². The van der Waals surface area contributed by atoms with Crippen LogP contribution in [0.25, 0.3) is 0 Å². The van der Waals surface area contributed by atoms with Gasteiger partial charge in [-0.25, -0.2) is 4.98 Å². The minimum atomic E-state index is -0.830. The van der Waals surface area contributed by atoms with E-state index >= 15 is 0 Å². The molecule has 1 heterocycles. The van der Waals surface area contributed by atoms with Gasteiger partial charge >= 0.3 is 0 Å². The van der Waals surface area contributed by atoms with Crippen LogP contribution in [0.15, 0.2) is 12.3 Å². The topological polar surface area (TPSA) is 68.4 Å². The first-order valence-electron chi connectivity index (χ1n) is 4.11. The van der Waals surface area contributed by atoms with E-state index in [0.717, 1.165) is 0 Å². The van der Waals surface area contributed by atoms with Crippen LogP contribution in [0.4, 0.5) is 0 Å². The van der Waals surface area contributed by atoms with Gasteiger partial charge in [-0.15, -0.1) is 0 Å². The van der Waals surface area contributed by atoms with Gasteiger partial charge in [0.05, 0.1) is 19.3 Å². The predicted molar refractivity (Wildman–Crippen MR) is 54.4 cm³/mol.